The van der Waals surface area contributed by atoms with Crippen molar-refractivity contribution in [3.8, 4) is 17.2 Å². The van der Waals surface area contributed by atoms with Gasteiger partial charge in [0.2, 0.25) is 5.91 Å². The number of rotatable bonds is 7. The van der Waals surface area contributed by atoms with Crippen molar-refractivity contribution in [2.45, 2.75) is 31.8 Å². The van der Waals surface area contributed by atoms with Crippen LogP contribution in [0.2, 0.25) is 0 Å². The van der Waals surface area contributed by atoms with Crippen molar-refractivity contribution in [3.63, 3.8) is 0 Å². The second-order valence-corrected chi connectivity index (χ2v) is 7.95. The lowest BCUT2D eigenvalue weighted by atomic mass is 9.96. The molecule has 1 fully saturated rings. The summed E-state index contributed by atoms with van der Waals surface area (Å²) >= 11 is 0. The zero-order chi connectivity index (χ0) is 21.1. The van der Waals surface area contributed by atoms with Crippen LogP contribution in [-0.2, 0) is 24.2 Å². The molecule has 0 spiro atoms. The molecular formula is C24H30N2O4. The fraction of sp³-hybridized carbons (Fsp3) is 0.458. The molecule has 0 atom stereocenters. The molecule has 0 N–H and O–H groups in total. The molecule has 0 saturated carbocycles. The molecule has 6 heteroatoms. The van der Waals surface area contributed by atoms with Gasteiger partial charge in [-0.25, -0.2) is 0 Å². The number of benzene rings is 2. The fourth-order valence-electron chi connectivity index (χ4n) is 4.43. The average molecular weight is 411 g/mol. The van der Waals surface area contributed by atoms with Crippen LogP contribution >= 0.6 is 0 Å². The summed E-state index contributed by atoms with van der Waals surface area (Å²) in [6.07, 6.45) is 2.11. The quantitative estimate of drug-likeness (QED) is 0.703. The summed E-state index contributed by atoms with van der Waals surface area (Å²) in [5.41, 5.74) is 3.79. The van der Waals surface area contributed by atoms with E-state index in [1.54, 1.807) is 21.3 Å². The molecule has 1 amide bonds. The zero-order valence-electron chi connectivity index (χ0n) is 18.0. The summed E-state index contributed by atoms with van der Waals surface area (Å²) in [5, 5.41) is 0. The lowest BCUT2D eigenvalue weighted by Crippen LogP contribution is -2.61. The van der Waals surface area contributed by atoms with Crippen molar-refractivity contribution in [2.75, 3.05) is 41.0 Å². The van der Waals surface area contributed by atoms with Crippen LogP contribution in [0.25, 0.3) is 0 Å². The number of likely N-dealkylation sites (tertiary alicyclic amines) is 1. The van der Waals surface area contributed by atoms with E-state index in [4.69, 9.17) is 14.2 Å². The van der Waals surface area contributed by atoms with E-state index in [0.717, 1.165) is 38.2 Å². The topological polar surface area (TPSA) is 51.2 Å². The van der Waals surface area contributed by atoms with Crippen molar-refractivity contribution in [2.24, 2.45) is 0 Å². The first-order valence-electron chi connectivity index (χ1n) is 10.5. The summed E-state index contributed by atoms with van der Waals surface area (Å²) in [6, 6.07) is 12.8. The smallest absolute Gasteiger partial charge is 0.223 e. The van der Waals surface area contributed by atoms with Crippen LogP contribution in [-0.4, -0.2) is 62.7 Å². The maximum atomic E-state index is 12.7. The Labute approximate surface area is 178 Å². The summed E-state index contributed by atoms with van der Waals surface area (Å²) in [6.45, 7) is 3.70. The Morgan fingerprint density at radius 2 is 1.67 bits per heavy atom. The highest BCUT2D eigenvalue weighted by atomic mass is 16.5. The Balaban J connectivity index is 1.32. The van der Waals surface area contributed by atoms with Crippen LogP contribution in [0.15, 0.2) is 36.4 Å². The van der Waals surface area contributed by atoms with Gasteiger partial charge in [-0.1, -0.05) is 24.3 Å². The normalized spacial score (nSPS) is 16.6. The number of carbonyl (C=O) groups is 1. The third-order valence-electron chi connectivity index (χ3n) is 6.30. The fourth-order valence-corrected chi connectivity index (χ4v) is 4.43. The van der Waals surface area contributed by atoms with Gasteiger partial charge in [-0.05, 0) is 24.0 Å². The number of hydrogen-bond donors (Lipinski definition) is 0. The van der Waals surface area contributed by atoms with Gasteiger partial charge >= 0.3 is 0 Å². The van der Waals surface area contributed by atoms with Crippen molar-refractivity contribution < 1.29 is 19.0 Å². The lowest BCUT2D eigenvalue weighted by Gasteiger charge is -2.47. The first-order valence-corrected chi connectivity index (χ1v) is 10.5. The SMILES string of the molecule is COc1cc(OC)c(CCC(=O)N2CC(N3CCc4ccccc4C3)C2)c(OC)c1. The number of hydrogen-bond acceptors (Lipinski definition) is 5. The van der Waals surface area contributed by atoms with Crippen LogP contribution in [0.5, 0.6) is 17.2 Å². The van der Waals surface area contributed by atoms with Gasteiger partial charge in [0.1, 0.15) is 17.2 Å². The van der Waals surface area contributed by atoms with E-state index >= 15 is 0 Å². The molecule has 2 aliphatic rings. The molecule has 0 bridgehead atoms. The highest BCUT2D eigenvalue weighted by Gasteiger charge is 2.35. The second-order valence-electron chi connectivity index (χ2n) is 7.95. The minimum atomic E-state index is 0.184. The molecule has 0 aliphatic carbocycles. The van der Waals surface area contributed by atoms with E-state index in [-0.39, 0.29) is 5.91 Å². The summed E-state index contributed by atoms with van der Waals surface area (Å²) < 4.78 is 16.3. The summed E-state index contributed by atoms with van der Waals surface area (Å²) in [7, 11) is 4.85. The molecule has 6 nitrogen and oxygen atoms in total. The molecule has 0 aromatic heterocycles. The van der Waals surface area contributed by atoms with Gasteiger partial charge < -0.3 is 19.1 Å². The molecule has 4 rings (SSSR count). The Morgan fingerprint density at radius 1 is 1.00 bits per heavy atom. The number of nitrogens with zero attached hydrogens (tertiary/aromatic N) is 2. The van der Waals surface area contributed by atoms with Gasteiger partial charge in [0.25, 0.3) is 0 Å². The van der Waals surface area contributed by atoms with Gasteiger partial charge in [0.15, 0.2) is 0 Å². The van der Waals surface area contributed by atoms with Crippen LogP contribution < -0.4 is 14.2 Å². The second kappa shape index (κ2) is 8.96. The first-order chi connectivity index (χ1) is 14.6. The van der Waals surface area contributed by atoms with Gasteiger partial charge in [0.05, 0.1) is 21.3 Å². The van der Waals surface area contributed by atoms with E-state index in [2.05, 4.69) is 29.2 Å². The van der Waals surface area contributed by atoms with Crippen LogP contribution in [0.4, 0.5) is 0 Å². The van der Waals surface area contributed by atoms with Crippen molar-refractivity contribution >= 4 is 5.91 Å². The zero-order valence-corrected chi connectivity index (χ0v) is 18.0. The van der Waals surface area contributed by atoms with Crippen LogP contribution in [0.1, 0.15) is 23.1 Å². The predicted octanol–water partition coefficient (Wildman–Crippen LogP) is 2.91. The molecule has 2 aliphatic heterocycles. The summed E-state index contributed by atoms with van der Waals surface area (Å²) in [4.78, 5) is 17.2. The Hall–Kier alpha value is -2.73. The largest absolute Gasteiger partial charge is 0.496 e. The minimum absolute atomic E-state index is 0.184. The molecule has 30 heavy (non-hydrogen) atoms. The van der Waals surface area contributed by atoms with E-state index < -0.39 is 0 Å². The van der Waals surface area contributed by atoms with Gasteiger partial charge in [0, 0.05) is 56.3 Å². The molecule has 0 radical (unpaired) electrons. The number of carbonyl (C=O) groups excluding carboxylic acids is 1. The van der Waals surface area contributed by atoms with Gasteiger partial charge in [-0.3, -0.25) is 9.69 Å². The number of amides is 1. The minimum Gasteiger partial charge on any atom is -0.496 e. The molecular weight excluding hydrogens is 380 g/mol. The van der Waals surface area contributed by atoms with E-state index in [9.17, 15) is 4.79 Å². The maximum Gasteiger partial charge on any atom is 0.223 e. The highest BCUT2D eigenvalue weighted by Crippen LogP contribution is 2.35. The third kappa shape index (κ3) is 4.10. The Kier molecular flexibility index (Phi) is 6.13. The predicted molar refractivity (Wildman–Crippen MR) is 115 cm³/mol. The van der Waals surface area contributed by atoms with E-state index in [1.165, 1.54) is 11.1 Å². The lowest BCUT2D eigenvalue weighted by molar-refractivity contribution is -0.138. The molecule has 2 heterocycles. The van der Waals surface area contributed by atoms with E-state index in [0.29, 0.717) is 36.1 Å². The van der Waals surface area contributed by atoms with Crippen molar-refractivity contribution in [3.05, 3.63) is 53.1 Å². The number of fused-ring (bicyclic) bond motifs is 1. The first kappa shape index (κ1) is 20.5. The standard InChI is InChI=1S/C24H30N2O4/c1-28-20-12-22(29-2)21(23(13-20)30-3)8-9-24(27)26-15-19(16-26)25-11-10-17-6-4-5-7-18(17)14-25/h4-7,12-13,19H,8-11,14-16H2,1-3H3. The van der Waals surface area contributed by atoms with Gasteiger partial charge in [-0.15, -0.1) is 0 Å². The molecule has 160 valence electrons. The average Bonchev–Trinajstić information content (AvgIpc) is 2.75. The van der Waals surface area contributed by atoms with Crippen LogP contribution in [0, 0.1) is 0 Å². The third-order valence-corrected chi connectivity index (χ3v) is 6.30. The Morgan fingerprint density at radius 3 is 2.30 bits per heavy atom. The van der Waals surface area contributed by atoms with E-state index in [1.807, 2.05) is 17.0 Å². The monoisotopic (exact) mass is 410 g/mol. The van der Waals surface area contributed by atoms with Crippen LogP contribution in [0.3, 0.4) is 0 Å². The molecule has 0 unspecified atom stereocenters. The highest BCUT2D eigenvalue weighted by molar-refractivity contribution is 5.77. The number of methoxy groups -OCH3 is 3. The molecule has 1 saturated heterocycles. The molecule has 2 aromatic rings. The Bertz CT molecular complexity index is 883. The number of ether oxygens (including phenoxy) is 3. The summed E-state index contributed by atoms with van der Waals surface area (Å²) in [5.74, 6) is 2.23. The maximum absolute atomic E-state index is 12.7. The van der Waals surface area contributed by atoms with Crippen molar-refractivity contribution in [1.29, 1.82) is 0 Å². The van der Waals surface area contributed by atoms with Gasteiger partial charge in [-0.2, -0.15) is 0 Å². The van der Waals surface area contributed by atoms with Crippen molar-refractivity contribution in [1.82, 2.24) is 9.80 Å². The molecule has 2 aromatic carbocycles.